The van der Waals surface area contributed by atoms with Gasteiger partial charge in [0.1, 0.15) is 0 Å². The Morgan fingerprint density at radius 1 is 1.14 bits per heavy atom. The molecule has 148 valence electrons. The number of hydrogen-bond acceptors (Lipinski definition) is 4. The molecule has 0 saturated heterocycles. The topological polar surface area (TPSA) is 75.7 Å². The van der Waals surface area contributed by atoms with Gasteiger partial charge in [0.15, 0.2) is 11.5 Å². The first-order valence-corrected chi connectivity index (χ1v) is 9.96. The van der Waals surface area contributed by atoms with Gasteiger partial charge < -0.3 is 19.0 Å². The fourth-order valence-electron chi connectivity index (χ4n) is 4.85. The van der Waals surface area contributed by atoms with Crippen molar-refractivity contribution in [1.82, 2.24) is 9.47 Å². The highest BCUT2D eigenvalue weighted by Crippen LogP contribution is 2.45. The maximum absolute atomic E-state index is 13.3. The Labute approximate surface area is 168 Å². The Morgan fingerprint density at radius 2 is 1.90 bits per heavy atom. The van der Waals surface area contributed by atoms with Crippen LogP contribution in [0.1, 0.15) is 47.8 Å². The minimum Gasteiger partial charge on any atom is -0.503 e. The van der Waals surface area contributed by atoms with Crippen LogP contribution in [0.25, 0.3) is 10.9 Å². The largest absolute Gasteiger partial charge is 0.503 e. The monoisotopic (exact) mass is 390 g/mol. The molecule has 3 heterocycles. The van der Waals surface area contributed by atoms with Crippen LogP contribution in [0.15, 0.2) is 64.6 Å². The molecule has 1 aromatic carbocycles. The molecule has 1 aliphatic heterocycles. The number of Topliss-reactive ketones (excluding diaryl/α,β-unsaturated/α-hetero) is 1. The lowest BCUT2D eigenvalue weighted by molar-refractivity contribution is -0.131. The molecule has 6 nitrogen and oxygen atoms in total. The van der Waals surface area contributed by atoms with E-state index in [0.717, 1.165) is 42.1 Å². The lowest BCUT2D eigenvalue weighted by atomic mass is 9.94. The first-order valence-electron chi connectivity index (χ1n) is 9.96. The van der Waals surface area contributed by atoms with E-state index in [2.05, 4.69) is 0 Å². The Bertz CT molecular complexity index is 1130. The number of ketones is 1. The van der Waals surface area contributed by atoms with E-state index in [4.69, 9.17) is 4.42 Å². The molecule has 6 heteroatoms. The number of aliphatic hydroxyl groups is 1. The van der Waals surface area contributed by atoms with Crippen molar-refractivity contribution in [2.75, 3.05) is 0 Å². The summed E-state index contributed by atoms with van der Waals surface area (Å²) >= 11 is 0. The first kappa shape index (κ1) is 17.8. The van der Waals surface area contributed by atoms with Gasteiger partial charge in [-0.1, -0.05) is 31.0 Å². The van der Waals surface area contributed by atoms with Crippen LogP contribution >= 0.6 is 0 Å². The highest BCUT2D eigenvalue weighted by Gasteiger charge is 2.48. The van der Waals surface area contributed by atoms with Crippen LogP contribution in [-0.2, 0) is 11.8 Å². The second-order valence-electron chi connectivity index (χ2n) is 7.83. The summed E-state index contributed by atoms with van der Waals surface area (Å²) in [6.07, 6.45) is 7.21. The van der Waals surface area contributed by atoms with Gasteiger partial charge in [0.2, 0.25) is 5.78 Å². The number of hydrogen-bond donors (Lipinski definition) is 1. The Kier molecular flexibility index (Phi) is 4.08. The van der Waals surface area contributed by atoms with E-state index >= 15 is 0 Å². The van der Waals surface area contributed by atoms with Crippen LogP contribution < -0.4 is 0 Å². The van der Waals surface area contributed by atoms with Crippen LogP contribution in [-0.4, -0.2) is 32.3 Å². The zero-order chi connectivity index (χ0) is 20.1. The zero-order valence-electron chi connectivity index (χ0n) is 16.2. The van der Waals surface area contributed by atoms with Crippen LogP contribution in [0.3, 0.4) is 0 Å². The van der Waals surface area contributed by atoms with E-state index in [-0.39, 0.29) is 17.4 Å². The van der Waals surface area contributed by atoms with Crippen molar-refractivity contribution in [2.24, 2.45) is 7.05 Å². The highest BCUT2D eigenvalue weighted by molar-refractivity contribution is 6.15. The number of nitrogens with zero attached hydrogens (tertiary/aromatic N) is 2. The lowest BCUT2D eigenvalue weighted by Gasteiger charge is -2.31. The molecule has 1 aliphatic carbocycles. The first-order chi connectivity index (χ1) is 14.1. The highest BCUT2D eigenvalue weighted by atomic mass is 16.3. The molecule has 5 rings (SSSR count). The molecule has 0 radical (unpaired) electrons. The summed E-state index contributed by atoms with van der Waals surface area (Å²) in [5.41, 5.74) is 1.97. The third-order valence-corrected chi connectivity index (χ3v) is 6.17. The normalized spacial score (nSPS) is 20.4. The Morgan fingerprint density at radius 3 is 2.62 bits per heavy atom. The van der Waals surface area contributed by atoms with Crippen LogP contribution in [0.2, 0.25) is 0 Å². The number of carbonyl (C=O) groups excluding carboxylic acids is 2. The average Bonchev–Trinajstić information content (AvgIpc) is 3.51. The number of amides is 1. The zero-order valence-corrected chi connectivity index (χ0v) is 16.2. The van der Waals surface area contributed by atoms with E-state index in [9.17, 15) is 14.7 Å². The summed E-state index contributed by atoms with van der Waals surface area (Å²) in [6, 6.07) is 10.5. The van der Waals surface area contributed by atoms with Crippen molar-refractivity contribution in [3.63, 3.8) is 0 Å². The van der Waals surface area contributed by atoms with Crippen molar-refractivity contribution in [2.45, 2.75) is 37.8 Å². The number of carbonyl (C=O) groups is 2. The molecular formula is C23H22N2O4. The Hall–Kier alpha value is -3.28. The third kappa shape index (κ3) is 2.63. The standard InChI is InChI=1S/C23H22N2O4/c1-24-13-16(15-9-4-5-10-17(15)24)20-19(21(26)18-11-6-12-29-18)22(27)23(28)25(20)14-7-2-3-8-14/h4-6,9-14,20,27H,2-3,7-8H2,1H3. The third-order valence-electron chi connectivity index (χ3n) is 6.17. The molecule has 1 fully saturated rings. The van der Waals surface area contributed by atoms with Crippen molar-refractivity contribution in [3.05, 3.63) is 71.5 Å². The molecule has 3 aromatic rings. The minimum absolute atomic E-state index is 0.00974. The number of benzene rings is 1. The number of fused-ring (bicyclic) bond motifs is 1. The predicted molar refractivity (Wildman–Crippen MR) is 107 cm³/mol. The molecule has 0 spiro atoms. The average molecular weight is 390 g/mol. The minimum atomic E-state index is -0.630. The molecule has 0 bridgehead atoms. The van der Waals surface area contributed by atoms with E-state index < -0.39 is 23.5 Å². The molecule has 1 atom stereocenters. The van der Waals surface area contributed by atoms with E-state index in [0.29, 0.717) is 0 Å². The summed E-state index contributed by atoms with van der Waals surface area (Å²) in [6.45, 7) is 0. The van der Waals surface area contributed by atoms with Gasteiger partial charge in [-0.25, -0.2) is 0 Å². The number of rotatable bonds is 4. The molecule has 1 amide bonds. The second kappa shape index (κ2) is 6.65. The molecule has 1 N–H and O–H groups in total. The maximum atomic E-state index is 13.3. The van der Waals surface area contributed by atoms with Gasteiger partial charge in [0.05, 0.1) is 17.9 Å². The van der Waals surface area contributed by atoms with E-state index in [1.807, 2.05) is 42.1 Å². The summed E-state index contributed by atoms with van der Waals surface area (Å²) in [4.78, 5) is 28.1. The number of para-hydroxylation sites is 1. The second-order valence-corrected chi connectivity index (χ2v) is 7.83. The SMILES string of the molecule is Cn1cc(C2C(C(=O)c3ccco3)=C(O)C(=O)N2C2CCCC2)c2ccccc21. The molecule has 29 heavy (non-hydrogen) atoms. The van der Waals surface area contributed by atoms with Gasteiger partial charge >= 0.3 is 0 Å². The van der Waals surface area contributed by atoms with Gasteiger partial charge in [-0.2, -0.15) is 0 Å². The fourth-order valence-corrected chi connectivity index (χ4v) is 4.85. The van der Waals surface area contributed by atoms with Crippen molar-refractivity contribution < 1.29 is 19.1 Å². The number of furan rings is 1. The van der Waals surface area contributed by atoms with Gasteiger partial charge in [0.25, 0.3) is 5.91 Å². The maximum Gasteiger partial charge on any atom is 0.290 e. The fraction of sp³-hybridized carbons (Fsp3) is 0.304. The van der Waals surface area contributed by atoms with Crippen LogP contribution in [0.5, 0.6) is 0 Å². The number of aryl methyl sites for hydroxylation is 1. The summed E-state index contributed by atoms with van der Waals surface area (Å²) in [7, 11) is 1.94. The van der Waals surface area contributed by atoms with Gasteiger partial charge in [-0.3, -0.25) is 9.59 Å². The van der Waals surface area contributed by atoms with Crippen molar-refractivity contribution in [1.29, 1.82) is 0 Å². The smallest absolute Gasteiger partial charge is 0.290 e. The van der Waals surface area contributed by atoms with Gasteiger partial charge in [-0.15, -0.1) is 0 Å². The van der Waals surface area contributed by atoms with Gasteiger partial charge in [-0.05, 0) is 31.0 Å². The Balaban J connectivity index is 1.71. The molecule has 1 unspecified atom stereocenters. The number of aliphatic hydroxyl groups excluding tert-OH is 1. The van der Waals surface area contributed by atoms with Crippen LogP contribution in [0.4, 0.5) is 0 Å². The summed E-state index contributed by atoms with van der Waals surface area (Å²) in [5, 5.41) is 11.8. The lowest BCUT2D eigenvalue weighted by Crippen LogP contribution is -2.38. The van der Waals surface area contributed by atoms with Crippen molar-refractivity contribution >= 4 is 22.6 Å². The van der Waals surface area contributed by atoms with Gasteiger partial charge in [0, 0.05) is 35.8 Å². The summed E-state index contributed by atoms with van der Waals surface area (Å²) in [5.74, 6) is -1.25. The molecule has 2 aromatic heterocycles. The van der Waals surface area contributed by atoms with E-state index in [1.54, 1.807) is 17.0 Å². The quantitative estimate of drug-likeness (QED) is 0.674. The molecular weight excluding hydrogens is 368 g/mol. The van der Waals surface area contributed by atoms with E-state index in [1.165, 1.54) is 6.26 Å². The van der Waals surface area contributed by atoms with Crippen molar-refractivity contribution in [3.8, 4) is 0 Å². The molecule has 1 saturated carbocycles. The predicted octanol–water partition coefficient (Wildman–Crippen LogP) is 4.29. The number of aromatic nitrogens is 1. The molecule has 2 aliphatic rings. The van der Waals surface area contributed by atoms with Crippen LogP contribution in [0, 0.1) is 0 Å². The summed E-state index contributed by atoms with van der Waals surface area (Å²) < 4.78 is 7.29.